The first kappa shape index (κ1) is 20.4. The fourth-order valence-electron chi connectivity index (χ4n) is 2.22. The molecule has 8 heteroatoms. The summed E-state index contributed by atoms with van der Waals surface area (Å²) in [7, 11) is 0. The molecule has 1 heterocycles. The zero-order chi connectivity index (χ0) is 16.5. The molecule has 0 radical (unpaired) electrons. The number of ether oxygens (including phenoxy) is 1. The molecule has 0 amide bonds. The van der Waals surface area contributed by atoms with Crippen molar-refractivity contribution in [2.75, 3.05) is 26.3 Å². The van der Waals surface area contributed by atoms with Crippen molar-refractivity contribution in [2.24, 2.45) is 10.9 Å². The Hall–Kier alpha value is -1.68. The van der Waals surface area contributed by atoms with Crippen LogP contribution in [0, 0.1) is 16.0 Å². The summed E-state index contributed by atoms with van der Waals surface area (Å²) in [5.74, 6) is 1.21. The highest BCUT2D eigenvalue weighted by Gasteiger charge is 2.15. The van der Waals surface area contributed by atoms with Gasteiger partial charge < -0.3 is 15.4 Å². The molecule has 1 saturated heterocycles. The van der Waals surface area contributed by atoms with Gasteiger partial charge in [0.1, 0.15) is 0 Å². The Labute approximate surface area is 158 Å². The molecule has 2 rings (SSSR count). The molecule has 7 nitrogen and oxygen atoms in total. The third-order valence-electron chi connectivity index (χ3n) is 3.56. The first-order valence-electron chi connectivity index (χ1n) is 7.63. The van der Waals surface area contributed by atoms with Crippen molar-refractivity contribution >= 4 is 35.6 Å². The molecule has 0 aromatic heterocycles. The van der Waals surface area contributed by atoms with Gasteiger partial charge in [0, 0.05) is 37.7 Å². The highest BCUT2D eigenvalue weighted by molar-refractivity contribution is 14.0. The van der Waals surface area contributed by atoms with Crippen molar-refractivity contribution in [2.45, 2.75) is 13.0 Å². The highest BCUT2D eigenvalue weighted by atomic mass is 127. The number of benzene rings is 1. The summed E-state index contributed by atoms with van der Waals surface area (Å²) >= 11 is 0. The van der Waals surface area contributed by atoms with E-state index in [0.717, 1.165) is 31.7 Å². The number of hydrogen-bond donors (Lipinski definition) is 2. The van der Waals surface area contributed by atoms with Crippen LogP contribution < -0.4 is 10.6 Å². The van der Waals surface area contributed by atoms with Gasteiger partial charge in [0.25, 0.3) is 5.69 Å². The summed E-state index contributed by atoms with van der Waals surface area (Å²) in [4.78, 5) is 14.7. The Kier molecular flexibility index (Phi) is 9.31. The van der Waals surface area contributed by atoms with Gasteiger partial charge in [0.05, 0.1) is 18.1 Å². The number of halogens is 1. The second kappa shape index (κ2) is 11.0. The third-order valence-corrected chi connectivity index (χ3v) is 3.56. The minimum Gasteiger partial charge on any atom is -0.381 e. The lowest BCUT2D eigenvalue weighted by atomic mass is 10.1. The smallest absolute Gasteiger partial charge is 0.269 e. The van der Waals surface area contributed by atoms with Crippen molar-refractivity contribution in [1.82, 2.24) is 10.6 Å². The van der Waals surface area contributed by atoms with Crippen molar-refractivity contribution in [3.63, 3.8) is 0 Å². The second-order valence-electron chi connectivity index (χ2n) is 5.37. The number of hydrogen-bond acceptors (Lipinski definition) is 4. The monoisotopic (exact) mass is 446 g/mol. The molecule has 1 aromatic rings. The average molecular weight is 446 g/mol. The van der Waals surface area contributed by atoms with E-state index < -0.39 is 4.92 Å². The zero-order valence-electron chi connectivity index (χ0n) is 13.4. The van der Waals surface area contributed by atoms with Gasteiger partial charge >= 0.3 is 0 Å². The van der Waals surface area contributed by atoms with Crippen LogP contribution in [0.25, 0.3) is 0 Å². The van der Waals surface area contributed by atoms with E-state index in [1.165, 1.54) is 12.1 Å². The van der Waals surface area contributed by atoms with Crippen LogP contribution in [0.4, 0.5) is 5.69 Å². The molecule has 1 atom stereocenters. The molecular weight excluding hydrogens is 423 g/mol. The molecule has 2 N–H and O–H groups in total. The minimum atomic E-state index is -0.407. The van der Waals surface area contributed by atoms with Crippen LogP contribution in [0.15, 0.2) is 41.9 Å². The first-order chi connectivity index (χ1) is 11.2. The number of nitrogens with zero attached hydrogens (tertiary/aromatic N) is 2. The molecule has 1 aromatic carbocycles. The van der Waals surface area contributed by atoms with Gasteiger partial charge in [0.15, 0.2) is 5.96 Å². The minimum absolute atomic E-state index is 0. The molecular formula is C16H23IN4O3. The zero-order valence-corrected chi connectivity index (χ0v) is 15.8. The van der Waals surface area contributed by atoms with E-state index >= 15 is 0 Å². The van der Waals surface area contributed by atoms with E-state index in [-0.39, 0.29) is 29.7 Å². The predicted octanol–water partition coefficient (Wildman–Crippen LogP) is 2.47. The number of aliphatic imine (C=N–C) groups is 1. The maximum atomic E-state index is 10.6. The van der Waals surface area contributed by atoms with Crippen LogP contribution >= 0.6 is 24.0 Å². The molecule has 132 valence electrons. The van der Waals surface area contributed by atoms with E-state index in [0.29, 0.717) is 25.0 Å². The van der Waals surface area contributed by atoms with Crippen molar-refractivity contribution in [1.29, 1.82) is 0 Å². The standard InChI is InChI=1S/C16H22N4O3.HI/c1-2-8-17-16(19-11-14-7-9-23-12-14)18-10-13-3-5-15(6-4-13)20(21)22;/h2-6,14H,1,7-12H2,(H2,17,18,19);1H. The average Bonchev–Trinajstić information content (AvgIpc) is 3.08. The lowest BCUT2D eigenvalue weighted by molar-refractivity contribution is -0.384. The maximum Gasteiger partial charge on any atom is 0.269 e. The molecule has 1 aliphatic heterocycles. The Morgan fingerprint density at radius 1 is 1.42 bits per heavy atom. The molecule has 0 aliphatic carbocycles. The number of nitrogens with one attached hydrogen (secondary N) is 2. The van der Waals surface area contributed by atoms with Gasteiger partial charge in [-0.25, -0.2) is 4.99 Å². The van der Waals surface area contributed by atoms with Crippen molar-refractivity contribution in [3.05, 3.63) is 52.6 Å². The van der Waals surface area contributed by atoms with Gasteiger partial charge in [-0.3, -0.25) is 10.1 Å². The fourth-order valence-corrected chi connectivity index (χ4v) is 2.22. The maximum absolute atomic E-state index is 10.6. The number of guanidine groups is 1. The Balaban J connectivity index is 0.00000288. The van der Waals surface area contributed by atoms with Crippen LogP contribution in [-0.2, 0) is 11.3 Å². The van der Waals surface area contributed by atoms with E-state index in [9.17, 15) is 10.1 Å². The predicted molar refractivity (Wildman–Crippen MR) is 105 cm³/mol. The van der Waals surface area contributed by atoms with Gasteiger partial charge in [-0.1, -0.05) is 18.2 Å². The first-order valence-corrected chi connectivity index (χ1v) is 7.63. The second-order valence-corrected chi connectivity index (χ2v) is 5.37. The molecule has 0 spiro atoms. The lowest BCUT2D eigenvalue weighted by Crippen LogP contribution is -2.40. The topological polar surface area (TPSA) is 88.8 Å². The molecule has 1 unspecified atom stereocenters. The summed E-state index contributed by atoms with van der Waals surface area (Å²) in [6, 6.07) is 6.42. The van der Waals surface area contributed by atoms with Gasteiger partial charge in [-0.05, 0) is 12.0 Å². The van der Waals surface area contributed by atoms with E-state index in [4.69, 9.17) is 4.74 Å². The number of non-ortho nitro benzene ring substituents is 1. The highest BCUT2D eigenvalue weighted by Crippen LogP contribution is 2.13. The summed E-state index contributed by atoms with van der Waals surface area (Å²) in [5.41, 5.74) is 1.00. The van der Waals surface area contributed by atoms with Crippen molar-refractivity contribution < 1.29 is 9.66 Å². The molecule has 0 saturated carbocycles. The largest absolute Gasteiger partial charge is 0.381 e. The Bertz CT molecular complexity index is 557. The van der Waals surface area contributed by atoms with Crippen LogP contribution in [0.5, 0.6) is 0 Å². The molecule has 1 fully saturated rings. The number of nitro benzene ring substituents is 1. The SMILES string of the molecule is C=CCNC(=NCc1ccc([N+](=O)[O-])cc1)NCC1CCOC1.I. The summed E-state index contributed by atoms with van der Waals surface area (Å²) in [6.07, 6.45) is 2.83. The normalized spacial score (nSPS) is 17.0. The molecule has 24 heavy (non-hydrogen) atoms. The Morgan fingerprint density at radius 3 is 2.75 bits per heavy atom. The van der Waals surface area contributed by atoms with Gasteiger partial charge in [-0.2, -0.15) is 0 Å². The fraction of sp³-hybridized carbons (Fsp3) is 0.438. The summed E-state index contributed by atoms with van der Waals surface area (Å²) in [5, 5.41) is 17.1. The van der Waals surface area contributed by atoms with Crippen molar-refractivity contribution in [3.8, 4) is 0 Å². The number of nitro groups is 1. The molecule has 1 aliphatic rings. The van der Waals surface area contributed by atoms with Crippen LogP contribution in [-0.4, -0.2) is 37.2 Å². The van der Waals surface area contributed by atoms with E-state index in [1.54, 1.807) is 18.2 Å². The number of rotatable bonds is 7. The van der Waals surface area contributed by atoms with Crippen LogP contribution in [0.2, 0.25) is 0 Å². The summed E-state index contributed by atoms with van der Waals surface area (Å²) in [6.45, 7) is 7.17. The van der Waals surface area contributed by atoms with Crippen LogP contribution in [0.3, 0.4) is 0 Å². The van der Waals surface area contributed by atoms with Gasteiger partial charge in [0.2, 0.25) is 0 Å². The summed E-state index contributed by atoms with van der Waals surface area (Å²) < 4.78 is 5.36. The Morgan fingerprint density at radius 2 is 2.17 bits per heavy atom. The third kappa shape index (κ3) is 6.83. The van der Waals surface area contributed by atoms with E-state index in [2.05, 4.69) is 22.2 Å². The van der Waals surface area contributed by atoms with E-state index in [1.807, 2.05) is 0 Å². The van der Waals surface area contributed by atoms with Gasteiger partial charge in [-0.15, -0.1) is 30.6 Å². The molecule has 0 bridgehead atoms. The quantitative estimate of drug-likeness (QED) is 0.168. The van der Waals surface area contributed by atoms with Crippen LogP contribution in [0.1, 0.15) is 12.0 Å². The lowest BCUT2D eigenvalue weighted by Gasteiger charge is -2.14.